The van der Waals surface area contributed by atoms with Crippen LogP contribution in [-0.2, 0) is 0 Å². The summed E-state index contributed by atoms with van der Waals surface area (Å²) < 4.78 is 26.2. The zero-order valence-electron chi connectivity index (χ0n) is 11.1. The molecule has 1 heterocycles. The van der Waals surface area contributed by atoms with Crippen LogP contribution >= 0.6 is 0 Å². The quantitative estimate of drug-likeness (QED) is 0.862. The third kappa shape index (κ3) is 3.29. The molecule has 104 valence electrons. The molecule has 1 aromatic carbocycles. The first kappa shape index (κ1) is 13.9. The minimum absolute atomic E-state index is 0.00687. The molecule has 1 aliphatic heterocycles. The van der Waals surface area contributed by atoms with Crippen LogP contribution in [0.15, 0.2) is 18.2 Å². The van der Waals surface area contributed by atoms with Crippen LogP contribution in [0, 0.1) is 17.0 Å². The third-order valence-electron chi connectivity index (χ3n) is 3.56. The Labute approximate surface area is 111 Å². The minimum atomic E-state index is -0.741. The van der Waals surface area contributed by atoms with E-state index >= 15 is 0 Å². The largest absolute Gasteiger partial charge is 0.349 e. The first-order chi connectivity index (χ1) is 8.88. The number of halogens is 2. The molecule has 3 nitrogen and oxygen atoms in total. The number of hydrogen-bond acceptors (Lipinski definition) is 2. The molecule has 1 amide bonds. The Kier molecular flexibility index (Phi) is 3.85. The van der Waals surface area contributed by atoms with Crippen molar-refractivity contribution >= 4 is 5.91 Å². The second-order valence-electron chi connectivity index (χ2n) is 5.64. The van der Waals surface area contributed by atoms with E-state index in [0.29, 0.717) is 0 Å². The summed E-state index contributed by atoms with van der Waals surface area (Å²) in [4.78, 5) is 12.0. The van der Waals surface area contributed by atoms with Gasteiger partial charge in [0.25, 0.3) is 5.91 Å². The molecule has 19 heavy (non-hydrogen) atoms. The number of piperidine rings is 1. The fraction of sp³-hybridized carbons (Fsp3) is 0.500. The molecule has 0 spiro atoms. The molecular formula is C14H18F2N2O. The first-order valence-corrected chi connectivity index (χ1v) is 6.36. The van der Waals surface area contributed by atoms with E-state index in [4.69, 9.17) is 0 Å². The van der Waals surface area contributed by atoms with Crippen LogP contribution in [0.5, 0.6) is 0 Å². The van der Waals surface area contributed by atoms with Gasteiger partial charge in [-0.05, 0) is 30.5 Å². The van der Waals surface area contributed by atoms with Gasteiger partial charge >= 0.3 is 0 Å². The Morgan fingerprint density at radius 2 is 1.95 bits per heavy atom. The van der Waals surface area contributed by atoms with Crippen LogP contribution in [-0.4, -0.2) is 25.0 Å². The lowest BCUT2D eigenvalue weighted by Gasteiger charge is -2.39. The van der Waals surface area contributed by atoms with Crippen molar-refractivity contribution < 1.29 is 13.6 Å². The highest BCUT2D eigenvalue weighted by Gasteiger charge is 2.33. The Morgan fingerprint density at radius 1 is 1.32 bits per heavy atom. The molecule has 1 aliphatic rings. The Balaban J connectivity index is 2.12. The van der Waals surface area contributed by atoms with Crippen molar-refractivity contribution in [2.75, 3.05) is 13.1 Å². The minimum Gasteiger partial charge on any atom is -0.349 e. The van der Waals surface area contributed by atoms with E-state index in [0.717, 1.165) is 37.7 Å². The van der Waals surface area contributed by atoms with Gasteiger partial charge in [0, 0.05) is 24.2 Å². The molecule has 0 aromatic heterocycles. The van der Waals surface area contributed by atoms with Gasteiger partial charge in [-0.15, -0.1) is 0 Å². The molecule has 1 fully saturated rings. The van der Waals surface area contributed by atoms with E-state index < -0.39 is 17.5 Å². The van der Waals surface area contributed by atoms with E-state index in [-0.39, 0.29) is 17.0 Å². The number of amides is 1. The van der Waals surface area contributed by atoms with E-state index in [1.54, 1.807) is 0 Å². The van der Waals surface area contributed by atoms with Gasteiger partial charge in [0.1, 0.15) is 11.6 Å². The second-order valence-corrected chi connectivity index (χ2v) is 5.64. The molecule has 1 atom stereocenters. The monoisotopic (exact) mass is 268 g/mol. The summed E-state index contributed by atoms with van der Waals surface area (Å²) >= 11 is 0. The zero-order chi connectivity index (χ0) is 14.0. The van der Waals surface area contributed by atoms with Crippen molar-refractivity contribution in [2.24, 2.45) is 5.41 Å². The number of carbonyl (C=O) groups is 1. The molecule has 0 radical (unpaired) electrons. The lowest BCUT2D eigenvalue weighted by atomic mass is 9.80. The number of benzene rings is 1. The highest BCUT2D eigenvalue weighted by molar-refractivity contribution is 5.94. The maximum atomic E-state index is 13.1. The second kappa shape index (κ2) is 5.25. The number of hydrogen-bond donors (Lipinski definition) is 2. The molecule has 0 bridgehead atoms. The van der Waals surface area contributed by atoms with E-state index in [9.17, 15) is 13.6 Å². The standard InChI is InChI=1S/C14H18F2N2O/c1-14(2)8-17-4-3-12(14)18-13(19)9-5-10(15)7-11(16)6-9/h5-7,12,17H,3-4,8H2,1-2H3,(H,18,19). The molecule has 2 rings (SSSR count). The van der Waals surface area contributed by atoms with Gasteiger partial charge in [-0.25, -0.2) is 8.78 Å². The van der Waals surface area contributed by atoms with E-state index in [1.165, 1.54) is 0 Å². The zero-order valence-corrected chi connectivity index (χ0v) is 11.1. The van der Waals surface area contributed by atoms with E-state index in [1.807, 2.05) is 0 Å². The summed E-state index contributed by atoms with van der Waals surface area (Å²) in [7, 11) is 0. The summed E-state index contributed by atoms with van der Waals surface area (Å²) in [5.41, 5.74) is -0.0633. The molecule has 1 saturated heterocycles. The number of nitrogens with one attached hydrogen (secondary N) is 2. The molecule has 1 aromatic rings. The Hall–Kier alpha value is -1.49. The van der Waals surface area contributed by atoms with Crippen molar-refractivity contribution in [3.05, 3.63) is 35.4 Å². The van der Waals surface area contributed by atoms with Crippen LogP contribution in [0.4, 0.5) is 8.78 Å². The van der Waals surface area contributed by atoms with Crippen molar-refractivity contribution in [1.29, 1.82) is 0 Å². The predicted molar refractivity (Wildman–Crippen MR) is 68.9 cm³/mol. The Bertz CT molecular complexity index is 468. The molecule has 5 heteroatoms. The van der Waals surface area contributed by atoms with E-state index in [2.05, 4.69) is 24.5 Å². The number of rotatable bonds is 2. The highest BCUT2D eigenvalue weighted by Crippen LogP contribution is 2.25. The SMILES string of the molecule is CC1(C)CNCCC1NC(=O)c1cc(F)cc(F)c1. The fourth-order valence-corrected chi connectivity index (χ4v) is 2.36. The van der Waals surface area contributed by atoms with Gasteiger partial charge in [-0.3, -0.25) is 4.79 Å². The van der Waals surface area contributed by atoms with Gasteiger partial charge in [-0.1, -0.05) is 13.8 Å². The predicted octanol–water partition coefficient (Wildman–Crippen LogP) is 2.08. The fourth-order valence-electron chi connectivity index (χ4n) is 2.36. The topological polar surface area (TPSA) is 41.1 Å². The lowest BCUT2D eigenvalue weighted by Crippen LogP contribution is -2.54. The van der Waals surface area contributed by atoms with Gasteiger partial charge in [0.05, 0.1) is 0 Å². The van der Waals surface area contributed by atoms with Crippen molar-refractivity contribution in [2.45, 2.75) is 26.3 Å². The smallest absolute Gasteiger partial charge is 0.251 e. The summed E-state index contributed by atoms with van der Waals surface area (Å²) in [6, 6.07) is 2.84. The molecular weight excluding hydrogens is 250 g/mol. The van der Waals surface area contributed by atoms with Gasteiger partial charge in [0.15, 0.2) is 0 Å². The third-order valence-corrected chi connectivity index (χ3v) is 3.56. The van der Waals surface area contributed by atoms with Gasteiger partial charge in [-0.2, -0.15) is 0 Å². The number of carbonyl (C=O) groups excluding carboxylic acids is 1. The average Bonchev–Trinajstić information content (AvgIpc) is 2.30. The first-order valence-electron chi connectivity index (χ1n) is 6.36. The summed E-state index contributed by atoms with van der Waals surface area (Å²) in [6.45, 7) is 5.73. The van der Waals surface area contributed by atoms with Crippen molar-refractivity contribution in [1.82, 2.24) is 10.6 Å². The molecule has 1 unspecified atom stereocenters. The maximum absolute atomic E-state index is 13.1. The summed E-state index contributed by atoms with van der Waals surface area (Å²) in [5.74, 6) is -1.91. The molecule has 0 saturated carbocycles. The van der Waals surface area contributed by atoms with Gasteiger partial charge in [0.2, 0.25) is 0 Å². The van der Waals surface area contributed by atoms with Crippen LogP contribution in [0.1, 0.15) is 30.6 Å². The molecule has 0 aliphatic carbocycles. The summed E-state index contributed by atoms with van der Waals surface area (Å²) in [5, 5.41) is 6.13. The summed E-state index contributed by atoms with van der Waals surface area (Å²) in [6.07, 6.45) is 0.802. The van der Waals surface area contributed by atoms with Crippen molar-refractivity contribution in [3.8, 4) is 0 Å². The van der Waals surface area contributed by atoms with Crippen LogP contribution in [0.3, 0.4) is 0 Å². The average molecular weight is 268 g/mol. The molecule has 2 N–H and O–H groups in total. The maximum Gasteiger partial charge on any atom is 0.251 e. The van der Waals surface area contributed by atoms with Crippen LogP contribution < -0.4 is 10.6 Å². The Morgan fingerprint density at radius 3 is 2.53 bits per heavy atom. The van der Waals surface area contributed by atoms with Crippen molar-refractivity contribution in [3.63, 3.8) is 0 Å². The van der Waals surface area contributed by atoms with Gasteiger partial charge < -0.3 is 10.6 Å². The van der Waals surface area contributed by atoms with Crippen LogP contribution in [0.2, 0.25) is 0 Å². The van der Waals surface area contributed by atoms with Crippen LogP contribution in [0.25, 0.3) is 0 Å². The highest BCUT2D eigenvalue weighted by atomic mass is 19.1. The normalized spacial score (nSPS) is 22.0. The lowest BCUT2D eigenvalue weighted by molar-refractivity contribution is 0.0867.